The highest BCUT2D eigenvalue weighted by Crippen LogP contribution is 2.28. The van der Waals surface area contributed by atoms with Gasteiger partial charge in [0, 0.05) is 27.2 Å². The van der Waals surface area contributed by atoms with E-state index in [2.05, 4.69) is 28.3 Å². The van der Waals surface area contributed by atoms with E-state index in [9.17, 15) is 0 Å². The molecule has 1 fully saturated rings. The molecule has 1 aliphatic rings. The lowest BCUT2D eigenvalue weighted by molar-refractivity contribution is 0.131. The van der Waals surface area contributed by atoms with Crippen LogP contribution in [-0.2, 0) is 4.74 Å². The summed E-state index contributed by atoms with van der Waals surface area (Å²) in [6.45, 7) is 2.63. The predicted molar refractivity (Wildman–Crippen MR) is 70.6 cm³/mol. The summed E-state index contributed by atoms with van der Waals surface area (Å²) in [5.41, 5.74) is 2.15. The van der Waals surface area contributed by atoms with Crippen LogP contribution in [0.25, 0.3) is 0 Å². The van der Waals surface area contributed by atoms with E-state index in [1.807, 2.05) is 19.4 Å². The molecule has 4 nitrogen and oxygen atoms in total. The van der Waals surface area contributed by atoms with Gasteiger partial charge in [-0.2, -0.15) is 0 Å². The number of rotatable bonds is 7. The maximum atomic E-state index is 5.63. The molecule has 0 atom stereocenters. The van der Waals surface area contributed by atoms with Gasteiger partial charge in [-0.25, -0.2) is 0 Å². The second kappa shape index (κ2) is 5.87. The first-order valence-electron chi connectivity index (χ1n) is 6.21. The third kappa shape index (κ3) is 3.89. The van der Waals surface area contributed by atoms with E-state index in [1.165, 1.54) is 12.8 Å². The Morgan fingerprint density at radius 1 is 1.47 bits per heavy atom. The van der Waals surface area contributed by atoms with E-state index >= 15 is 0 Å². The molecule has 0 aliphatic heterocycles. The standard InChI is InChI=1S/C13H21N3O/c1-14-12-7-13(9-15-8-12)16(2)5-6-17-10-11-3-4-11/h7-9,11,14H,3-6,10H2,1-2H3. The molecule has 1 N–H and O–H groups in total. The Kier molecular flexibility index (Phi) is 4.20. The second-order valence-electron chi connectivity index (χ2n) is 4.62. The number of hydrogen-bond acceptors (Lipinski definition) is 4. The van der Waals surface area contributed by atoms with E-state index in [0.29, 0.717) is 0 Å². The fourth-order valence-corrected chi connectivity index (χ4v) is 1.64. The Hall–Kier alpha value is -1.29. The van der Waals surface area contributed by atoms with E-state index in [1.54, 1.807) is 0 Å². The lowest BCUT2D eigenvalue weighted by Crippen LogP contribution is -2.23. The molecule has 1 aromatic rings. The zero-order valence-corrected chi connectivity index (χ0v) is 10.6. The van der Waals surface area contributed by atoms with Crippen molar-refractivity contribution < 1.29 is 4.74 Å². The van der Waals surface area contributed by atoms with Crippen molar-refractivity contribution in [1.29, 1.82) is 0 Å². The first kappa shape index (κ1) is 12.2. The van der Waals surface area contributed by atoms with Crippen LogP contribution in [0.2, 0.25) is 0 Å². The van der Waals surface area contributed by atoms with Crippen LogP contribution in [0.1, 0.15) is 12.8 Å². The van der Waals surface area contributed by atoms with Crippen LogP contribution in [0, 0.1) is 5.92 Å². The number of nitrogens with one attached hydrogen (secondary N) is 1. The average molecular weight is 235 g/mol. The summed E-state index contributed by atoms with van der Waals surface area (Å²) in [4.78, 5) is 6.37. The smallest absolute Gasteiger partial charge is 0.0641 e. The normalized spacial score (nSPS) is 14.7. The van der Waals surface area contributed by atoms with Crippen molar-refractivity contribution in [3.05, 3.63) is 18.5 Å². The molecule has 2 rings (SSSR count). The van der Waals surface area contributed by atoms with Crippen molar-refractivity contribution in [2.75, 3.05) is 44.1 Å². The van der Waals surface area contributed by atoms with E-state index in [-0.39, 0.29) is 0 Å². The molecule has 0 saturated heterocycles. The first-order chi connectivity index (χ1) is 8.29. The fourth-order valence-electron chi connectivity index (χ4n) is 1.64. The number of likely N-dealkylation sites (N-methyl/N-ethyl adjacent to an activating group) is 1. The van der Waals surface area contributed by atoms with Crippen LogP contribution in [0.3, 0.4) is 0 Å². The first-order valence-corrected chi connectivity index (χ1v) is 6.21. The Labute approximate surface area is 103 Å². The van der Waals surface area contributed by atoms with Crippen LogP contribution in [-0.4, -0.2) is 38.8 Å². The van der Waals surface area contributed by atoms with E-state index in [4.69, 9.17) is 4.74 Å². The topological polar surface area (TPSA) is 37.4 Å². The number of ether oxygens (including phenoxy) is 1. The van der Waals surface area contributed by atoms with Gasteiger partial charge in [-0.15, -0.1) is 0 Å². The zero-order valence-electron chi connectivity index (χ0n) is 10.6. The predicted octanol–water partition coefficient (Wildman–Crippen LogP) is 1.99. The van der Waals surface area contributed by atoms with Gasteiger partial charge in [-0.1, -0.05) is 0 Å². The van der Waals surface area contributed by atoms with Gasteiger partial charge < -0.3 is 15.0 Å². The molecule has 0 aromatic carbocycles. The highest BCUT2D eigenvalue weighted by atomic mass is 16.5. The Morgan fingerprint density at radius 2 is 2.29 bits per heavy atom. The van der Waals surface area contributed by atoms with Crippen molar-refractivity contribution in [3.8, 4) is 0 Å². The molecule has 0 spiro atoms. The maximum absolute atomic E-state index is 5.63. The SMILES string of the molecule is CNc1cncc(N(C)CCOCC2CC2)c1. The van der Waals surface area contributed by atoms with Gasteiger partial charge in [0.25, 0.3) is 0 Å². The van der Waals surface area contributed by atoms with Gasteiger partial charge >= 0.3 is 0 Å². The number of aromatic nitrogens is 1. The molecule has 4 heteroatoms. The Bertz CT molecular complexity index is 352. The monoisotopic (exact) mass is 235 g/mol. The molecular formula is C13H21N3O. The third-order valence-corrected chi connectivity index (χ3v) is 3.07. The van der Waals surface area contributed by atoms with Crippen LogP contribution < -0.4 is 10.2 Å². The Morgan fingerprint density at radius 3 is 3.00 bits per heavy atom. The summed E-state index contributed by atoms with van der Waals surface area (Å²) in [5.74, 6) is 0.842. The number of nitrogens with zero attached hydrogens (tertiary/aromatic N) is 2. The summed E-state index contributed by atoms with van der Waals surface area (Å²) in [6, 6.07) is 2.09. The van der Waals surface area contributed by atoms with Gasteiger partial charge in [0.05, 0.1) is 30.4 Å². The average Bonchev–Trinajstić information content (AvgIpc) is 3.18. The number of anilines is 2. The molecule has 0 unspecified atom stereocenters. The molecule has 1 aliphatic carbocycles. The molecule has 17 heavy (non-hydrogen) atoms. The quantitative estimate of drug-likeness (QED) is 0.733. The van der Waals surface area contributed by atoms with Gasteiger partial charge in [-0.3, -0.25) is 4.98 Å². The van der Waals surface area contributed by atoms with E-state index in [0.717, 1.165) is 37.1 Å². The highest BCUT2D eigenvalue weighted by molar-refractivity contribution is 5.54. The summed E-state index contributed by atoms with van der Waals surface area (Å²) in [6.07, 6.45) is 6.40. The van der Waals surface area contributed by atoms with Crippen LogP contribution in [0.4, 0.5) is 11.4 Å². The largest absolute Gasteiger partial charge is 0.387 e. The highest BCUT2D eigenvalue weighted by Gasteiger charge is 2.20. The molecule has 1 heterocycles. The second-order valence-corrected chi connectivity index (χ2v) is 4.62. The van der Waals surface area contributed by atoms with Gasteiger partial charge in [0.1, 0.15) is 0 Å². The lowest BCUT2D eigenvalue weighted by atomic mass is 10.3. The van der Waals surface area contributed by atoms with Gasteiger partial charge in [0.2, 0.25) is 0 Å². The molecule has 0 bridgehead atoms. The third-order valence-electron chi connectivity index (χ3n) is 3.07. The van der Waals surface area contributed by atoms with Gasteiger partial charge in [0.15, 0.2) is 0 Å². The minimum absolute atomic E-state index is 0.788. The zero-order chi connectivity index (χ0) is 12.1. The van der Waals surface area contributed by atoms with Crippen LogP contribution >= 0.6 is 0 Å². The summed E-state index contributed by atoms with van der Waals surface area (Å²) in [5, 5.41) is 3.09. The van der Waals surface area contributed by atoms with Crippen molar-refractivity contribution >= 4 is 11.4 Å². The van der Waals surface area contributed by atoms with Crippen LogP contribution in [0.5, 0.6) is 0 Å². The molecule has 0 amide bonds. The summed E-state index contributed by atoms with van der Waals surface area (Å²) in [7, 11) is 3.97. The minimum Gasteiger partial charge on any atom is -0.387 e. The number of pyridine rings is 1. The maximum Gasteiger partial charge on any atom is 0.0641 e. The fraction of sp³-hybridized carbons (Fsp3) is 0.615. The van der Waals surface area contributed by atoms with Crippen molar-refractivity contribution in [2.45, 2.75) is 12.8 Å². The Balaban J connectivity index is 1.74. The molecule has 1 aromatic heterocycles. The van der Waals surface area contributed by atoms with Crippen molar-refractivity contribution in [1.82, 2.24) is 4.98 Å². The summed E-state index contributed by atoms with van der Waals surface area (Å²) < 4.78 is 5.63. The molecule has 0 radical (unpaired) electrons. The van der Waals surface area contributed by atoms with Crippen LogP contribution in [0.15, 0.2) is 18.5 Å². The van der Waals surface area contributed by atoms with Crippen molar-refractivity contribution in [2.24, 2.45) is 5.92 Å². The number of hydrogen-bond donors (Lipinski definition) is 1. The molecule has 1 saturated carbocycles. The minimum atomic E-state index is 0.788. The van der Waals surface area contributed by atoms with E-state index < -0.39 is 0 Å². The molecule has 94 valence electrons. The van der Waals surface area contributed by atoms with Crippen molar-refractivity contribution in [3.63, 3.8) is 0 Å². The molecular weight excluding hydrogens is 214 g/mol. The lowest BCUT2D eigenvalue weighted by Gasteiger charge is -2.19. The summed E-state index contributed by atoms with van der Waals surface area (Å²) >= 11 is 0. The van der Waals surface area contributed by atoms with Gasteiger partial charge in [-0.05, 0) is 24.8 Å².